The third kappa shape index (κ3) is 6.08. The topological polar surface area (TPSA) is 84.9 Å². The van der Waals surface area contributed by atoms with Crippen molar-refractivity contribution in [3.8, 4) is 11.5 Å². The van der Waals surface area contributed by atoms with Gasteiger partial charge in [-0.3, -0.25) is 19.3 Å². The van der Waals surface area contributed by atoms with Crippen LogP contribution in [0.4, 0.5) is 10.5 Å². The average molecular weight is 559 g/mol. The van der Waals surface area contributed by atoms with Crippen LogP contribution in [0, 0.1) is 0 Å². The Kier molecular flexibility index (Phi) is 7.86. The summed E-state index contributed by atoms with van der Waals surface area (Å²) in [5.74, 6) is 0.0156. The van der Waals surface area contributed by atoms with Gasteiger partial charge < -0.3 is 14.8 Å². The van der Waals surface area contributed by atoms with E-state index in [-0.39, 0.29) is 4.91 Å². The molecule has 0 saturated carbocycles. The number of benzene rings is 4. The monoisotopic (exact) mass is 558 g/mol. The zero-order valence-electron chi connectivity index (χ0n) is 20.8. The Morgan fingerprint density at radius 1 is 0.974 bits per heavy atom. The Balaban J connectivity index is 1.26. The van der Waals surface area contributed by atoms with E-state index in [0.29, 0.717) is 34.4 Å². The number of nitrogens with zero attached hydrogens (tertiary/aromatic N) is 1. The first-order valence-corrected chi connectivity index (χ1v) is 13.2. The van der Waals surface area contributed by atoms with Gasteiger partial charge in [-0.2, -0.15) is 0 Å². The molecule has 1 aliphatic heterocycles. The molecule has 0 aliphatic carbocycles. The quantitative estimate of drug-likeness (QED) is 0.241. The molecule has 4 aromatic rings. The first kappa shape index (κ1) is 26.3. The molecule has 0 atom stereocenters. The standard InChI is InChI=1S/C30H23ClN2O5S/c1-37-26-15-19(9-14-25(26)38-18-21-7-4-6-20-5-2-3-8-24(20)21)16-27-29(35)33(30(36)39-27)17-28(34)32-23-12-10-22(31)11-13-23/h2-16H,17-18H2,1H3,(H,32,34)/b27-16+. The molecule has 0 bridgehead atoms. The van der Waals surface area contributed by atoms with Gasteiger partial charge in [0.2, 0.25) is 5.91 Å². The maximum atomic E-state index is 12.9. The van der Waals surface area contributed by atoms with Gasteiger partial charge in [0, 0.05) is 10.7 Å². The minimum absolute atomic E-state index is 0.214. The fourth-order valence-corrected chi connectivity index (χ4v) is 5.10. The zero-order chi connectivity index (χ0) is 27.4. The number of amides is 3. The van der Waals surface area contributed by atoms with Crippen LogP contribution in [-0.2, 0) is 16.2 Å². The van der Waals surface area contributed by atoms with E-state index in [1.54, 1.807) is 48.5 Å². The number of methoxy groups -OCH3 is 1. The number of imide groups is 1. The molecule has 0 unspecified atom stereocenters. The van der Waals surface area contributed by atoms with Crippen LogP contribution >= 0.6 is 23.4 Å². The molecule has 1 saturated heterocycles. The van der Waals surface area contributed by atoms with Crippen LogP contribution in [0.1, 0.15) is 11.1 Å². The van der Waals surface area contributed by atoms with E-state index in [9.17, 15) is 14.4 Å². The second-order valence-corrected chi connectivity index (χ2v) is 10.1. The van der Waals surface area contributed by atoms with E-state index in [1.165, 1.54) is 7.11 Å². The number of carbonyl (C=O) groups is 3. The summed E-state index contributed by atoms with van der Waals surface area (Å²) in [7, 11) is 1.54. The van der Waals surface area contributed by atoms with E-state index in [0.717, 1.165) is 33.0 Å². The zero-order valence-corrected chi connectivity index (χ0v) is 22.4. The SMILES string of the molecule is COc1cc(/C=C2/SC(=O)N(CC(=O)Nc3ccc(Cl)cc3)C2=O)ccc1OCc1cccc2ccccc12. The minimum Gasteiger partial charge on any atom is -0.493 e. The fraction of sp³-hybridized carbons (Fsp3) is 0.100. The van der Waals surface area contributed by atoms with Crippen molar-refractivity contribution in [3.63, 3.8) is 0 Å². The number of anilines is 1. The largest absolute Gasteiger partial charge is 0.493 e. The molecular weight excluding hydrogens is 536 g/mol. The summed E-state index contributed by atoms with van der Waals surface area (Å²) in [6.45, 7) is -0.0388. The van der Waals surface area contributed by atoms with Gasteiger partial charge in [-0.05, 0) is 76.1 Å². The van der Waals surface area contributed by atoms with Gasteiger partial charge in [0.15, 0.2) is 11.5 Å². The van der Waals surface area contributed by atoms with E-state index >= 15 is 0 Å². The van der Waals surface area contributed by atoms with Crippen molar-refractivity contribution in [2.45, 2.75) is 6.61 Å². The van der Waals surface area contributed by atoms with Crippen molar-refractivity contribution in [3.05, 3.63) is 106 Å². The summed E-state index contributed by atoms with van der Waals surface area (Å²) in [6.07, 6.45) is 1.60. The highest BCUT2D eigenvalue weighted by Crippen LogP contribution is 2.35. The predicted octanol–water partition coefficient (Wildman–Crippen LogP) is 6.76. The number of hydrogen-bond acceptors (Lipinski definition) is 6. The Labute approximate surface area is 234 Å². The fourth-order valence-electron chi connectivity index (χ4n) is 4.13. The van der Waals surface area contributed by atoms with Crippen LogP contribution in [0.3, 0.4) is 0 Å². The van der Waals surface area contributed by atoms with Gasteiger partial charge in [-0.15, -0.1) is 0 Å². The van der Waals surface area contributed by atoms with Crippen LogP contribution in [0.15, 0.2) is 89.8 Å². The van der Waals surface area contributed by atoms with Gasteiger partial charge in [0.05, 0.1) is 12.0 Å². The van der Waals surface area contributed by atoms with Crippen LogP contribution < -0.4 is 14.8 Å². The number of ether oxygens (including phenoxy) is 2. The number of hydrogen-bond donors (Lipinski definition) is 1. The normalized spacial score (nSPS) is 14.2. The average Bonchev–Trinajstić information content (AvgIpc) is 3.20. The Hall–Kier alpha value is -4.27. The third-order valence-corrected chi connectivity index (χ3v) is 7.21. The van der Waals surface area contributed by atoms with Crippen molar-refractivity contribution in [1.82, 2.24) is 4.90 Å². The molecule has 39 heavy (non-hydrogen) atoms. The van der Waals surface area contributed by atoms with Crippen LogP contribution in [-0.4, -0.2) is 35.6 Å². The Morgan fingerprint density at radius 3 is 2.54 bits per heavy atom. The predicted molar refractivity (Wildman–Crippen MR) is 154 cm³/mol. The smallest absolute Gasteiger partial charge is 0.294 e. The van der Waals surface area contributed by atoms with E-state index in [1.807, 2.05) is 24.3 Å². The summed E-state index contributed by atoms with van der Waals surface area (Å²) in [4.78, 5) is 38.9. The van der Waals surface area contributed by atoms with Crippen molar-refractivity contribution >= 4 is 63.0 Å². The number of carbonyl (C=O) groups excluding carboxylic acids is 3. The molecule has 9 heteroatoms. The number of halogens is 1. The molecule has 0 spiro atoms. The highest BCUT2D eigenvalue weighted by molar-refractivity contribution is 8.18. The molecule has 7 nitrogen and oxygen atoms in total. The lowest BCUT2D eigenvalue weighted by Gasteiger charge is -2.13. The van der Waals surface area contributed by atoms with E-state index in [2.05, 4.69) is 23.5 Å². The lowest BCUT2D eigenvalue weighted by Crippen LogP contribution is -2.36. The molecule has 3 amide bonds. The van der Waals surface area contributed by atoms with Gasteiger partial charge in [0.25, 0.3) is 11.1 Å². The Bertz CT molecular complexity index is 1600. The van der Waals surface area contributed by atoms with Crippen LogP contribution in [0.2, 0.25) is 5.02 Å². The van der Waals surface area contributed by atoms with Crippen molar-refractivity contribution < 1.29 is 23.9 Å². The molecule has 1 aliphatic rings. The molecule has 1 fully saturated rings. The summed E-state index contributed by atoms with van der Waals surface area (Å²) in [5.41, 5.74) is 2.22. The van der Waals surface area contributed by atoms with Gasteiger partial charge in [-0.25, -0.2) is 0 Å². The molecule has 5 rings (SSSR count). The maximum Gasteiger partial charge on any atom is 0.294 e. The highest BCUT2D eigenvalue weighted by atomic mass is 35.5. The molecular formula is C30H23ClN2O5S. The number of thioether (sulfide) groups is 1. The van der Waals surface area contributed by atoms with Crippen LogP contribution in [0.5, 0.6) is 11.5 Å². The van der Waals surface area contributed by atoms with E-state index < -0.39 is 23.6 Å². The lowest BCUT2D eigenvalue weighted by molar-refractivity contribution is -0.127. The molecule has 1 N–H and O–H groups in total. The van der Waals surface area contributed by atoms with Gasteiger partial charge in [0.1, 0.15) is 13.2 Å². The summed E-state index contributed by atoms with van der Waals surface area (Å²) in [6, 6.07) is 26.0. The molecule has 1 heterocycles. The number of rotatable bonds is 8. The minimum atomic E-state index is -0.536. The van der Waals surface area contributed by atoms with Crippen molar-refractivity contribution in [2.24, 2.45) is 0 Å². The summed E-state index contributed by atoms with van der Waals surface area (Å²) >= 11 is 6.64. The number of fused-ring (bicyclic) bond motifs is 1. The molecule has 4 aromatic carbocycles. The summed E-state index contributed by atoms with van der Waals surface area (Å²) < 4.78 is 11.6. The lowest BCUT2D eigenvalue weighted by atomic mass is 10.1. The highest BCUT2D eigenvalue weighted by Gasteiger charge is 2.36. The summed E-state index contributed by atoms with van der Waals surface area (Å²) in [5, 5.41) is 4.93. The number of nitrogens with one attached hydrogen (secondary N) is 1. The van der Waals surface area contributed by atoms with Crippen LogP contribution in [0.25, 0.3) is 16.8 Å². The first-order chi connectivity index (χ1) is 18.9. The molecule has 196 valence electrons. The second kappa shape index (κ2) is 11.6. The van der Waals surface area contributed by atoms with E-state index in [4.69, 9.17) is 21.1 Å². The van der Waals surface area contributed by atoms with Crippen molar-refractivity contribution in [2.75, 3.05) is 19.0 Å². The maximum absolute atomic E-state index is 12.9. The molecule has 0 aromatic heterocycles. The third-order valence-electron chi connectivity index (χ3n) is 6.05. The van der Waals surface area contributed by atoms with Gasteiger partial charge in [-0.1, -0.05) is 60.1 Å². The first-order valence-electron chi connectivity index (χ1n) is 12.0. The van der Waals surface area contributed by atoms with Crippen molar-refractivity contribution in [1.29, 1.82) is 0 Å². The second-order valence-electron chi connectivity index (χ2n) is 8.66. The molecule has 0 radical (unpaired) electrons. The van der Waals surface area contributed by atoms with Gasteiger partial charge >= 0.3 is 0 Å². The Morgan fingerprint density at radius 2 is 1.74 bits per heavy atom.